The minimum atomic E-state index is -4.68. The fourth-order valence-electron chi connectivity index (χ4n) is 6.14. The Morgan fingerprint density at radius 2 is 1.30 bits per heavy atom. The summed E-state index contributed by atoms with van der Waals surface area (Å²) in [5.41, 5.74) is 0. The molecule has 0 saturated carbocycles. The molecule has 0 aromatic carbocycles. The first-order valence-electron chi connectivity index (χ1n) is 22.6. The molecule has 0 bridgehead atoms. The number of phosphoric acid groups is 1. The standard InChI is InChI=1S/C48H77O12P/c1-3-5-7-8-9-10-11-12-13-14-15-16-17-18-19-20-21-22-28-32-48(54)60-44(40-59-61(55,56)58-38-43(51)37-49)39-57-47(53)31-27-24-23-26-29-41-33-36-46(52)45(41)35-34-42(50)30-25-6-4-2/h9-10,12-13,15-16,18-19,23,26,33-36,41-45,49-51H,3-8,11,14,17,20-22,24-25,27-32,37-40H2,1-2H3,(H,55,56)/b10-9-,13-12-,16-15-,19-18-,26-23-,35-34+/t41-,42-,43-,44+,45+/m0/s1. The van der Waals surface area contributed by atoms with Crippen LogP contribution in [-0.2, 0) is 37.5 Å². The maximum Gasteiger partial charge on any atom is 0.472 e. The molecule has 0 heterocycles. The lowest BCUT2D eigenvalue weighted by Crippen LogP contribution is -2.29. The van der Waals surface area contributed by atoms with Gasteiger partial charge in [0, 0.05) is 18.8 Å². The normalized spacial score (nSPS) is 18.4. The van der Waals surface area contributed by atoms with Crippen molar-refractivity contribution in [2.75, 3.05) is 26.4 Å². The number of aliphatic hydroxyl groups excluding tert-OH is 3. The van der Waals surface area contributed by atoms with Gasteiger partial charge in [0.2, 0.25) is 0 Å². The van der Waals surface area contributed by atoms with Crippen LogP contribution >= 0.6 is 7.82 Å². The Morgan fingerprint density at radius 3 is 1.95 bits per heavy atom. The van der Waals surface area contributed by atoms with Crippen LogP contribution in [0.25, 0.3) is 0 Å². The zero-order valence-electron chi connectivity index (χ0n) is 36.9. The molecule has 13 heteroatoms. The van der Waals surface area contributed by atoms with E-state index in [1.165, 1.54) is 19.3 Å². The van der Waals surface area contributed by atoms with E-state index in [-0.39, 0.29) is 30.5 Å². The number of aliphatic hydroxyl groups is 3. The molecule has 6 atom stereocenters. The van der Waals surface area contributed by atoms with E-state index in [1.54, 1.807) is 12.2 Å². The summed E-state index contributed by atoms with van der Waals surface area (Å²) in [4.78, 5) is 47.6. The molecule has 0 spiro atoms. The molecule has 1 aliphatic carbocycles. The highest BCUT2D eigenvalue weighted by atomic mass is 31.2. The molecule has 0 aromatic rings. The second-order valence-electron chi connectivity index (χ2n) is 15.4. The highest BCUT2D eigenvalue weighted by Gasteiger charge is 2.28. The van der Waals surface area contributed by atoms with Gasteiger partial charge in [0.05, 0.1) is 25.9 Å². The Hall–Kier alpha value is -3.22. The molecule has 1 unspecified atom stereocenters. The zero-order valence-corrected chi connectivity index (χ0v) is 37.8. The number of rotatable bonds is 38. The monoisotopic (exact) mass is 877 g/mol. The number of esters is 2. The first-order valence-corrected chi connectivity index (χ1v) is 24.1. The van der Waals surface area contributed by atoms with Crippen molar-refractivity contribution in [2.45, 2.75) is 161 Å². The Morgan fingerprint density at radius 1 is 0.721 bits per heavy atom. The molecular weight excluding hydrogens is 799 g/mol. The van der Waals surface area contributed by atoms with E-state index >= 15 is 0 Å². The van der Waals surface area contributed by atoms with Gasteiger partial charge in [0.15, 0.2) is 11.9 Å². The Labute approximate surface area is 366 Å². The van der Waals surface area contributed by atoms with Gasteiger partial charge in [0.1, 0.15) is 12.7 Å². The van der Waals surface area contributed by atoms with Gasteiger partial charge < -0.3 is 29.7 Å². The van der Waals surface area contributed by atoms with Crippen molar-refractivity contribution in [3.05, 3.63) is 85.1 Å². The van der Waals surface area contributed by atoms with E-state index in [9.17, 15) is 34.1 Å². The van der Waals surface area contributed by atoms with E-state index in [4.69, 9.17) is 19.1 Å². The van der Waals surface area contributed by atoms with Crippen molar-refractivity contribution < 1.29 is 57.7 Å². The van der Waals surface area contributed by atoms with E-state index < -0.39 is 64.5 Å². The maximum absolute atomic E-state index is 12.7. The number of ether oxygens (including phenoxy) is 2. The second kappa shape index (κ2) is 37.3. The fraction of sp³-hybridized carbons (Fsp3) is 0.646. The average Bonchev–Trinajstić information content (AvgIpc) is 3.60. The van der Waals surface area contributed by atoms with Crippen molar-refractivity contribution in [3.8, 4) is 0 Å². The molecule has 346 valence electrons. The number of hydrogen-bond donors (Lipinski definition) is 4. The lowest BCUT2D eigenvalue weighted by atomic mass is 9.90. The number of phosphoric ester groups is 1. The third-order valence-electron chi connectivity index (χ3n) is 9.77. The minimum Gasteiger partial charge on any atom is -0.462 e. The van der Waals surface area contributed by atoms with Gasteiger partial charge >= 0.3 is 19.8 Å². The van der Waals surface area contributed by atoms with Gasteiger partial charge in [-0.15, -0.1) is 0 Å². The SMILES string of the molecule is CCCCC/C=C\C/C=C\C/C=C\C/C=C\CCCCCC(=O)O[C@H](COC(=O)CCC/C=C\C[C@H]1C=CC(=O)[C@@H]1/C=C/[C@@H](O)CCCCC)COP(=O)(O)OC[C@@H](O)CO. The summed E-state index contributed by atoms with van der Waals surface area (Å²) in [6.07, 6.45) is 41.7. The predicted molar refractivity (Wildman–Crippen MR) is 241 cm³/mol. The van der Waals surface area contributed by atoms with Crippen LogP contribution in [0.1, 0.15) is 142 Å². The van der Waals surface area contributed by atoms with Crippen LogP contribution in [0.5, 0.6) is 0 Å². The quantitative estimate of drug-likeness (QED) is 0.0199. The number of carbonyl (C=O) groups excluding carboxylic acids is 3. The molecule has 4 N–H and O–H groups in total. The molecule has 0 saturated heterocycles. The maximum atomic E-state index is 12.7. The first kappa shape index (κ1) is 55.8. The molecule has 0 aliphatic heterocycles. The van der Waals surface area contributed by atoms with E-state index in [2.05, 4.69) is 67.0 Å². The van der Waals surface area contributed by atoms with Crippen molar-refractivity contribution in [1.29, 1.82) is 0 Å². The number of carbonyl (C=O) groups is 3. The fourth-order valence-corrected chi connectivity index (χ4v) is 6.93. The van der Waals surface area contributed by atoms with Crippen LogP contribution < -0.4 is 0 Å². The number of allylic oxidation sites excluding steroid dienone is 13. The van der Waals surface area contributed by atoms with Gasteiger partial charge in [-0.3, -0.25) is 23.4 Å². The average molecular weight is 877 g/mol. The minimum absolute atomic E-state index is 0.00438. The Kier molecular flexibility index (Phi) is 34.2. The highest BCUT2D eigenvalue weighted by molar-refractivity contribution is 7.47. The third kappa shape index (κ3) is 32.2. The molecule has 61 heavy (non-hydrogen) atoms. The number of unbranched alkanes of at least 4 members (excludes halogenated alkanes) is 9. The van der Waals surface area contributed by atoms with E-state index in [0.29, 0.717) is 32.1 Å². The van der Waals surface area contributed by atoms with Crippen LogP contribution in [0.2, 0.25) is 0 Å². The molecule has 0 fully saturated rings. The van der Waals surface area contributed by atoms with Crippen LogP contribution in [-0.4, -0.2) is 82.7 Å². The largest absolute Gasteiger partial charge is 0.472 e. The van der Waals surface area contributed by atoms with Gasteiger partial charge in [-0.25, -0.2) is 4.57 Å². The summed E-state index contributed by atoms with van der Waals surface area (Å²) >= 11 is 0. The molecule has 12 nitrogen and oxygen atoms in total. The number of ketones is 1. The van der Waals surface area contributed by atoms with Crippen LogP contribution in [0.15, 0.2) is 85.1 Å². The van der Waals surface area contributed by atoms with Crippen molar-refractivity contribution in [3.63, 3.8) is 0 Å². The Bertz CT molecular complexity index is 1430. The van der Waals surface area contributed by atoms with Gasteiger partial charge in [-0.1, -0.05) is 131 Å². The van der Waals surface area contributed by atoms with Gasteiger partial charge in [0.25, 0.3) is 0 Å². The summed E-state index contributed by atoms with van der Waals surface area (Å²) < 4.78 is 32.7. The molecule has 0 radical (unpaired) electrons. The van der Waals surface area contributed by atoms with Crippen molar-refractivity contribution >= 4 is 25.5 Å². The smallest absolute Gasteiger partial charge is 0.462 e. The van der Waals surface area contributed by atoms with Gasteiger partial charge in [-0.05, 0) is 89.0 Å². The van der Waals surface area contributed by atoms with Crippen molar-refractivity contribution in [2.24, 2.45) is 11.8 Å². The van der Waals surface area contributed by atoms with E-state index in [1.807, 2.05) is 24.3 Å². The van der Waals surface area contributed by atoms with Crippen LogP contribution in [0.4, 0.5) is 0 Å². The summed E-state index contributed by atoms with van der Waals surface area (Å²) in [7, 11) is -4.68. The summed E-state index contributed by atoms with van der Waals surface area (Å²) in [6.45, 7) is 1.97. The van der Waals surface area contributed by atoms with Crippen LogP contribution in [0.3, 0.4) is 0 Å². The van der Waals surface area contributed by atoms with Crippen LogP contribution in [0, 0.1) is 11.8 Å². The summed E-state index contributed by atoms with van der Waals surface area (Å²) in [5.74, 6) is -1.39. The highest BCUT2D eigenvalue weighted by Crippen LogP contribution is 2.43. The molecule has 1 aliphatic rings. The molecule has 0 aromatic heterocycles. The Balaban J connectivity index is 2.44. The predicted octanol–water partition coefficient (Wildman–Crippen LogP) is 9.84. The second-order valence-corrected chi connectivity index (χ2v) is 16.8. The topological polar surface area (TPSA) is 186 Å². The molecule has 0 amide bonds. The zero-order chi connectivity index (χ0) is 44.8. The molecule has 1 rings (SSSR count). The number of hydrogen-bond acceptors (Lipinski definition) is 11. The van der Waals surface area contributed by atoms with Crippen molar-refractivity contribution in [1.82, 2.24) is 0 Å². The third-order valence-corrected chi connectivity index (χ3v) is 10.7. The lowest BCUT2D eigenvalue weighted by Gasteiger charge is -2.20. The van der Waals surface area contributed by atoms with E-state index in [0.717, 1.165) is 64.2 Å². The van der Waals surface area contributed by atoms with Gasteiger partial charge in [-0.2, -0.15) is 0 Å². The lowest BCUT2D eigenvalue weighted by molar-refractivity contribution is -0.161. The summed E-state index contributed by atoms with van der Waals surface area (Å²) in [6, 6.07) is 0. The summed E-state index contributed by atoms with van der Waals surface area (Å²) in [5, 5.41) is 28.6. The first-order chi connectivity index (χ1) is 29.5. The molecular formula is C48H77O12P.